The lowest BCUT2D eigenvalue weighted by atomic mass is 10.1. The summed E-state index contributed by atoms with van der Waals surface area (Å²) in [4.78, 5) is 23.4. The van der Waals surface area contributed by atoms with E-state index in [1.807, 2.05) is 12.1 Å². The van der Waals surface area contributed by atoms with Crippen LogP contribution in [0.1, 0.15) is 34.5 Å². The first-order valence-electron chi connectivity index (χ1n) is 8.75. The molecule has 0 aliphatic carbocycles. The summed E-state index contributed by atoms with van der Waals surface area (Å²) in [7, 11) is 1.56. The van der Waals surface area contributed by atoms with Gasteiger partial charge in [0, 0.05) is 6.04 Å². The van der Waals surface area contributed by atoms with Gasteiger partial charge in [0.15, 0.2) is 0 Å². The maximum atomic E-state index is 12.7. The summed E-state index contributed by atoms with van der Waals surface area (Å²) in [5.74, 6) is 0.718. The molecule has 3 rings (SSSR count). The molecule has 1 amide bonds. The summed E-state index contributed by atoms with van der Waals surface area (Å²) in [5, 5.41) is 2.71. The summed E-state index contributed by atoms with van der Waals surface area (Å²) in [6, 6.07) is 7.05. The number of carbonyl (C=O) groups is 1. The van der Waals surface area contributed by atoms with Gasteiger partial charge in [-0.2, -0.15) is 13.2 Å². The van der Waals surface area contributed by atoms with Gasteiger partial charge in [-0.3, -0.25) is 4.79 Å². The first-order chi connectivity index (χ1) is 13.7. The number of H-pyrrole nitrogens is 1. The normalized spacial score (nSPS) is 13.0. The highest BCUT2D eigenvalue weighted by Gasteiger charge is 2.33. The second-order valence-electron chi connectivity index (χ2n) is 6.43. The summed E-state index contributed by atoms with van der Waals surface area (Å²) < 4.78 is 43.4. The van der Waals surface area contributed by atoms with Crippen LogP contribution >= 0.6 is 0 Å². The van der Waals surface area contributed by atoms with Gasteiger partial charge in [-0.1, -0.05) is 12.1 Å². The van der Waals surface area contributed by atoms with Gasteiger partial charge in [-0.15, -0.1) is 0 Å². The van der Waals surface area contributed by atoms with Crippen molar-refractivity contribution in [3.63, 3.8) is 0 Å². The molecule has 1 atom stereocenters. The molecule has 1 unspecified atom stereocenters. The van der Waals surface area contributed by atoms with Gasteiger partial charge >= 0.3 is 6.18 Å². The van der Waals surface area contributed by atoms with Crippen molar-refractivity contribution in [1.29, 1.82) is 0 Å². The Labute approximate surface area is 164 Å². The van der Waals surface area contributed by atoms with Crippen LogP contribution in [-0.4, -0.2) is 34.0 Å². The van der Waals surface area contributed by atoms with Crippen LogP contribution in [-0.2, 0) is 6.18 Å². The van der Waals surface area contributed by atoms with Gasteiger partial charge in [-0.25, -0.2) is 9.97 Å². The number of hydrogen-bond donors (Lipinski definition) is 2. The predicted molar refractivity (Wildman–Crippen MR) is 103 cm³/mol. The lowest BCUT2D eigenvalue weighted by molar-refractivity contribution is -0.141. The fraction of sp³-hybridized carbons (Fsp3) is 0.250. The van der Waals surface area contributed by atoms with Crippen molar-refractivity contribution in [2.45, 2.75) is 26.1 Å². The van der Waals surface area contributed by atoms with Crippen LogP contribution in [0.4, 0.5) is 13.2 Å². The summed E-state index contributed by atoms with van der Waals surface area (Å²) in [5.41, 5.74) is 0.578. The Balaban J connectivity index is 1.70. The van der Waals surface area contributed by atoms with Crippen molar-refractivity contribution in [2.75, 3.05) is 7.11 Å². The van der Waals surface area contributed by atoms with E-state index in [1.165, 1.54) is 6.92 Å². The van der Waals surface area contributed by atoms with Crippen LogP contribution < -0.4 is 10.1 Å². The van der Waals surface area contributed by atoms with E-state index in [9.17, 15) is 18.0 Å². The molecule has 0 aliphatic heterocycles. The first kappa shape index (κ1) is 20.4. The number of imidazole rings is 1. The third kappa shape index (κ3) is 4.56. The fourth-order valence-electron chi connectivity index (χ4n) is 2.80. The molecule has 3 aromatic rings. The summed E-state index contributed by atoms with van der Waals surface area (Å²) in [6.07, 6.45) is -1.12. The third-order valence-electron chi connectivity index (χ3n) is 4.24. The number of amides is 1. The number of aromatic nitrogens is 3. The van der Waals surface area contributed by atoms with E-state index in [-0.39, 0.29) is 17.3 Å². The predicted octanol–water partition coefficient (Wildman–Crippen LogP) is 4.13. The van der Waals surface area contributed by atoms with Crippen molar-refractivity contribution in [3.05, 3.63) is 59.2 Å². The van der Waals surface area contributed by atoms with Crippen molar-refractivity contribution < 1.29 is 22.7 Å². The number of nitrogens with one attached hydrogen (secondary N) is 2. The van der Waals surface area contributed by atoms with E-state index in [4.69, 9.17) is 4.74 Å². The molecule has 0 fully saturated rings. The monoisotopic (exact) mass is 404 g/mol. The van der Waals surface area contributed by atoms with Gasteiger partial charge in [0.05, 0.1) is 23.9 Å². The fourth-order valence-corrected chi connectivity index (χ4v) is 2.80. The van der Waals surface area contributed by atoms with Gasteiger partial charge in [0.1, 0.15) is 22.8 Å². The molecule has 152 valence electrons. The van der Waals surface area contributed by atoms with Gasteiger partial charge < -0.3 is 15.0 Å². The molecule has 0 spiro atoms. The zero-order valence-electron chi connectivity index (χ0n) is 16.0. The Hall–Kier alpha value is -3.36. The molecule has 29 heavy (non-hydrogen) atoms. The lowest BCUT2D eigenvalue weighted by Gasteiger charge is -2.12. The number of hydrogen-bond acceptors (Lipinski definition) is 4. The van der Waals surface area contributed by atoms with E-state index in [1.54, 1.807) is 32.3 Å². The van der Waals surface area contributed by atoms with Gasteiger partial charge in [-0.05, 0) is 44.2 Å². The number of para-hydroxylation sites is 1. The van der Waals surface area contributed by atoms with Crippen molar-refractivity contribution in [2.24, 2.45) is 0 Å². The Bertz CT molecular complexity index is 1070. The Morgan fingerprint density at radius 2 is 2.00 bits per heavy atom. The maximum Gasteiger partial charge on any atom is 0.433 e. The minimum absolute atomic E-state index is 0.0119. The van der Waals surface area contributed by atoms with Crippen molar-refractivity contribution >= 4 is 23.0 Å². The van der Waals surface area contributed by atoms with E-state index in [0.717, 1.165) is 17.6 Å². The second-order valence-corrected chi connectivity index (χ2v) is 6.43. The second kappa shape index (κ2) is 7.94. The highest BCUT2D eigenvalue weighted by Crippen LogP contribution is 2.28. The minimum Gasteiger partial charge on any atom is -0.494 e. The van der Waals surface area contributed by atoms with Crippen molar-refractivity contribution in [3.8, 4) is 5.75 Å². The van der Waals surface area contributed by atoms with E-state index < -0.39 is 17.8 Å². The van der Waals surface area contributed by atoms with Crippen LogP contribution in [0.5, 0.6) is 5.75 Å². The molecule has 0 bridgehead atoms. The van der Waals surface area contributed by atoms with E-state index in [2.05, 4.69) is 20.3 Å². The Kier molecular flexibility index (Phi) is 5.58. The number of fused-ring (bicyclic) bond motifs is 1. The molecule has 1 aromatic carbocycles. The zero-order chi connectivity index (χ0) is 21.2. The van der Waals surface area contributed by atoms with Crippen LogP contribution in [0.2, 0.25) is 0 Å². The molecule has 6 nitrogen and oxygen atoms in total. The molecule has 2 aromatic heterocycles. The molecule has 0 aliphatic rings. The quantitative estimate of drug-likeness (QED) is 0.670. The smallest absolute Gasteiger partial charge is 0.433 e. The average molecular weight is 404 g/mol. The number of methoxy groups -OCH3 is 1. The SMILES string of the molecule is COc1cccc2[nH]c(/C=C/C(C)NC(=O)c3ccc(C(F)(F)F)nc3C)nc12. The van der Waals surface area contributed by atoms with Crippen molar-refractivity contribution in [1.82, 2.24) is 20.3 Å². The molecule has 2 heterocycles. The van der Waals surface area contributed by atoms with Gasteiger partial charge in [0.2, 0.25) is 0 Å². The topological polar surface area (TPSA) is 79.9 Å². The van der Waals surface area contributed by atoms with Crippen LogP contribution in [0, 0.1) is 6.92 Å². The molecule has 0 saturated carbocycles. The minimum atomic E-state index is -4.55. The number of nitrogens with zero attached hydrogens (tertiary/aromatic N) is 2. The first-order valence-corrected chi connectivity index (χ1v) is 8.75. The standard InChI is InChI=1S/C20H19F3N4O2/c1-11(7-10-17-26-14-5-4-6-15(29-3)18(14)27-17)24-19(28)13-8-9-16(20(21,22)23)25-12(13)2/h4-11H,1-3H3,(H,24,28)(H,26,27)/b10-7+. The van der Waals surface area contributed by atoms with E-state index in [0.29, 0.717) is 17.1 Å². The summed E-state index contributed by atoms with van der Waals surface area (Å²) >= 11 is 0. The zero-order valence-corrected chi connectivity index (χ0v) is 16.0. The number of ether oxygens (including phenoxy) is 1. The molecule has 9 heteroatoms. The number of pyridine rings is 1. The highest BCUT2D eigenvalue weighted by atomic mass is 19.4. The number of aromatic amines is 1. The largest absolute Gasteiger partial charge is 0.494 e. The van der Waals surface area contributed by atoms with E-state index >= 15 is 0 Å². The molecule has 0 saturated heterocycles. The maximum absolute atomic E-state index is 12.7. The van der Waals surface area contributed by atoms with Crippen LogP contribution in [0.25, 0.3) is 17.1 Å². The number of rotatable bonds is 5. The van der Waals surface area contributed by atoms with Gasteiger partial charge in [0.25, 0.3) is 5.91 Å². The molecule has 2 N–H and O–H groups in total. The molecular weight excluding hydrogens is 385 g/mol. The number of alkyl halides is 3. The van der Waals surface area contributed by atoms with Crippen LogP contribution in [0.15, 0.2) is 36.4 Å². The Morgan fingerprint density at radius 3 is 2.66 bits per heavy atom. The summed E-state index contributed by atoms with van der Waals surface area (Å²) in [6.45, 7) is 3.11. The molecular formula is C20H19F3N4O2. The van der Waals surface area contributed by atoms with Crippen LogP contribution in [0.3, 0.4) is 0 Å². The third-order valence-corrected chi connectivity index (χ3v) is 4.24. The number of benzene rings is 1. The lowest BCUT2D eigenvalue weighted by Crippen LogP contribution is -2.31. The highest BCUT2D eigenvalue weighted by molar-refractivity contribution is 5.95. The molecule has 0 radical (unpaired) electrons. The number of carbonyl (C=O) groups excluding carboxylic acids is 1. The Morgan fingerprint density at radius 1 is 1.24 bits per heavy atom. The average Bonchev–Trinajstić information content (AvgIpc) is 3.08. The number of aryl methyl sites for hydroxylation is 1. The number of halogens is 3.